The van der Waals surface area contributed by atoms with Crippen molar-refractivity contribution in [3.05, 3.63) is 78.4 Å². The summed E-state index contributed by atoms with van der Waals surface area (Å²) in [5.41, 5.74) is -0.723. The number of hydrogen-bond acceptors (Lipinski definition) is 10. The highest BCUT2D eigenvalue weighted by Gasteiger charge is 2.18. The van der Waals surface area contributed by atoms with Gasteiger partial charge in [0.25, 0.3) is 17.1 Å². The summed E-state index contributed by atoms with van der Waals surface area (Å²) in [6.45, 7) is -0.308. The van der Waals surface area contributed by atoms with E-state index in [0.717, 1.165) is 22.9 Å². The minimum absolute atomic E-state index is 0.148. The van der Waals surface area contributed by atoms with Gasteiger partial charge in [0, 0.05) is 29.8 Å². The second-order valence-corrected chi connectivity index (χ2v) is 5.31. The molecule has 0 saturated heterocycles. The molecule has 0 aliphatic rings. The van der Waals surface area contributed by atoms with Gasteiger partial charge in [-0.2, -0.15) is 4.68 Å². The Hall–Kier alpha value is -4.49. The van der Waals surface area contributed by atoms with E-state index in [1.807, 2.05) is 0 Å². The van der Waals surface area contributed by atoms with Gasteiger partial charge in [0.2, 0.25) is 0 Å². The maximum absolute atomic E-state index is 10.9. The van der Waals surface area contributed by atoms with Crippen LogP contribution < -0.4 is 4.74 Å². The molecule has 0 unspecified atom stereocenters. The van der Waals surface area contributed by atoms with E-state index < -0.39 is 26.1 Å². The van der Waals surface area contributed by atoms with Crippen LogP contribution in [-0.2, 0) is 6.61 Å². The first-order valence-corrected chi connectivity index (χ1v) is 7.44. The van der Waals surface area contributed by atoms with Crippen molar-refractivity contribution in [2.24, 2.45) is 0 Å². The Balaban J connectivity index is 1.86. The highest BCUT2D eigenvalue weighted by Crippen LogP contribution is 2.24. The SMILES string of the molecule is O=[N+]([O-])c1cccc(-n2nnnc2OCc2cc([N+](=O)[O-])cc([N+](=O)[O-])c2)c1. The lowest BCUT2D eigenvalue weighted by molar-refractivity contribution is -0.394. The Morgan fingerprint density at radius 3 is 2.14 bits per heavy atom. The highest BCUT2D eigenvalue weighted by molar-refractivity contribution is 5.47. The van der Waals surface area contributed by atoms with Crippen LogP contribution in [0.3, 0.4) is 0 Å². The van der Waals surface area contributed by atoms with E-state index in [2.05, 4.69) is 15.5 Å². The molecule has 2 aromatic carbocycles. The molecule has 0 aliphatic carbocycles. The van der Waals surface area contributed by atoms with Gasteiger partial charge >= 0.3 is 6.01 Å². The summed E-state index contributed by atoms with van der Waals surface area (Å²) in [7, 11) is 0. The Morgan fingerprint density at radius 1 is 0.893 bits per heavy atom. The molecule has 1 heterocycles. The molecule has 1 aromatic heterocycles. The first-order chi connectivity index (χ1) is 13.3. The molecule has 0 fully saturated rings. The first-order valence-electron chi connectivity index (χ1n) is 7.44. The molecule has 3 rings (SSSR count). The van der Waals surface area contributed by atoms with Crippen molar-refractivity contribution in [2.75, 3.05) is 0 Å². The molecule has 0 bridgehead atoms. The summed E-state index contributed by atoms with van der Waals surface area (Å²) in [6.07, 6.45) is 0. The summed E-state index contributed by atoms with van der Waals surface area (Å²) < 4.78 is 6.48. The zero-order valence-electron chi connectivity index (χ0n) is 13.7. The van der Waals surface area contributed by atoms with Gasteiger partial charge in [0.05, 0.1) is 26.5 Å². The van der Waals surface area contributed by atoms with Gasteiger partial charge in [-0.3, -0.25) is 30.3 Å². The topological polar surface area (TPSA) is 182 Å². The number of benzene rings is 2. The van der Waals surface area contributed by atoms with Crippen molar-refractivity contribution < 1.29 is 19.5 Å². The molecule has 28 heavy (non-hydrogen) atoms. The fourth-order valence-electron chi connectivity index (χ4n) is 2.27. The number of nitro groups is 3. The Morgan fingerprint density at radius 2 is 1.54 bits per heavy atom. The minimum atomic E-state index is -0.760. The molecule has 0 saturated carbocycles. The fourth-order valence-corrected chi connectivity index (χ4v) is 2.27. The number of tetrazole rings is 1. The summed E-state index contributed by atoms with van der Waals surface area (Å²) in [4.78, 5) is 30.7. The third kappa shape index (κ3) is 3.85. The third-order valence-corrected chi connectivity index (χ3v) is 3.48. The van der Waals surface area contributed by atoms with E-state index in [9.17, 15) is 30.3 Å². The monoisotopic (exact) mass is 387 g/mol. The second kappa shape index (κ2) is 7.40. The second-order valence-electron chi connectivity index (χ2n) is 5.31. The summed E-state index contributed by atoms with van der Waals surface area (Å²) in [5, 5.41) is 43.5. The highest BCUT2D eigenvalue weighted by atomic mass is 16.6. The maximum Gasteiger partial charge on any atom is 0.340 e. The van der Waals surface area contributed by atoms with Gasteiger partial charge in [-0.05, 0) is 16.5 Å². The fraction of sp³-hybridized carbons (Fsp3) is 0.0714. The van der Waals surface area contributed by atoms with Crippen molar-refractivity contribution in [3.8, 4) is 11.7 Å². The van der Waals surface area contributed by atoms with Gasteiger partial charge < -0.3 is 4.74 Å². The zero-order chi connectivity index (χ0) is 20.3. The summed E-state index contributed by atoms with van der Waals surface area (Å²) >= 11 is 0. The average Bonchev–Trinajstić information content (AvgIpc) is 3.14. The van der Waals surface area contributed by atoms with Crippen LogP contribution >= 0.6 is 0 Å². The number of ether oxygens (including phenoxy) is 1. The predicted molar refractivity (Wildman–Crippen MR) is 89.9 cm³/mol. The molecule has 3 aromatic rings. The van der Waals surface area contributed by atoms with Crippen LogP contribution in [0.4, 0.5) is 17.1 Å². The molecule has 0 spiro atoms. The van der Waals surface area contributed by atoms with Crippen LogP contribution in [0.2, 0.25) is 0 Å². The van der Waals surface area contributed by atoms with E-state index in [1.165, 1.54) is 24.3 Å². The van der Waals surface area contributed by atoms with E-state index in [0.29, 0.717) is 0 Å². The molecule has 0 atom stereocenters. The molecular weight excluding hydrogens is 378 g/mol. The summed E-state index contributed by atoms with van der Waals surface area (Å²) in [5.74, 6) is 0. The van der Waals surface area contributed by atoms with Crippen LogP contribution in [0, 0.1) is 30.3 Å². The summed E-state index contributed by atoms with van der Waals surface area (Å²) in [6, 6.07) is 8.37. The van der Waals surface area contributed by atoms with Crippen molar-refractivity contribution in [2.45, 2.75) is 6.61 Å². The number of non-ortho nitro benzene ring substituents is 3. The van der Waals surface area contributed by atoms with E-state index in [-0.39, 0.29) is 29.6 Å². The van der Waals surface area contributed by atoms with Crippen LogP contribution in [0.15, 0.2) is 42.5 Å². The number of aromatic nitrogens is 4. The van der Waals surface area contributed by atoms with Gasteiger partial charge in [0.1, 0.15) is 6.61 Å². The van der Waals surface area contributed by atoms with Crippen LogP contribution in [-0.4, -0.2) is 35.0 Å². The zero-order valence-corrected chi connectivity index (χ0v) is 13.7. The maximum atomic E-state index is 10.9. The van der Waals surface area contributed by atoms with Crippen molar-refractivity contribution in [1.82, 2.24) is 20.2 Å². The van der Waals surface area contributed by atoms with Crippen LogP contribution in [0.5, 0.6) is 6.01 Å². The van der Waals surface area contributed by atoms with Crippen molar-refractivity contribution >= 4 is 17.1 Å². The van der Waals surface area contributed by atoms with Gasteiger partial charge in [-0.25, -0.2) is 0 Å². The number of hydrogen-bond donors (Lipinski definition) is 0. The van der Waals surface area contributed by atoms with Gasteiger partial charge in [-0.15, -0.1) is 0 Å². The molecule has 0 amide bonds. The third-order valence-electron chi connectivity index (χ3n) is 3.48. The lowest BCUT2D eigenvalue weighted by atomic mass is 10.2. The standard InChI is InChI=1S/C14H9N7O7/c22-19(23)11-3-1-2-10(6-11)18-14(15-16-17-18)28-8-9-4-12(20(24)25)7-13(5-9)21(26)27/h1-7H,8H2. The van der Waals surface area contributed by atoms with Crippen molar-refractivity contribution in [3.63, 3.8) is 0 Å². The Kier molecular flexibility index (Phi) is 4.84. The number of rotatable bonds is 7. The number of nitro benzene ring substituents is 3. The quantitative estimate of drug-likeness (QED) is 0.429. The Bertz CT molecular complexity index is 1050. The lowest BCUT2D eigenvalue weighted by Crippen LogP contribution is -2.05. The average molecular weight is 387 g/mol. The van der Waals surface area contributed by atoms with E-state index >= 15 is 0 Å². The Labute approximate surface area is 154 Å². The van der Waals surface area contributed by atoms with Gasteiger partial charge in [-0.1, -0.05) is 11.2 Å². The predicted octanol–water partition coefficient (Wildman–Crippen LogP) is 1.97. The van der Waals surface area contributed by atoms with Crippen LogP contribution in [0.25, 0.3) is 5.69 Å². The van der Waals surface area contributed by atoms with Crippen molar-refractivity contribution in [1.29, 1.82) is 0 Å². The molecule has 0 N–H and O–H groups in total. The molecular formula is C14H9N7O7. The van der Waals surface area contributed by atoms with E-state index in [1.54, 1.807) is 0 Å². The molecule has 0 radical (unpaired) electrons. The largest absolute Gasteiger partial charge is 0.457 e. The normalized spacial score (nSPS) is 10.4. The first kappa shape index (κ1) is 18.3. The van der Waals surface area contributed by atoms with Crippen LogP contribution in [0.1, 0.15) is 5.56 Å². The molecule has 14 nitrogen and oxygen atoms in total. The minimum Gasteiger partial charge on any atom is -0.457 e. The smallest absolute Gasteiger partial charge is 0.340 e. The molecule has 142 valence electrons. The van der Waals surface area contributed by atoms with Gasteiger partial charge in [0.15, 0.2) is 0 Å². The molecule has 0 aliphatic heterocycles. The van der Waals surface area contributed by atoms with E-state index in [4.69, 9.17) is 4.74 Å². The number of nitrogens with zero attached hydrogens (tertiary/aromatic N) is 7. The lowest BCUT2D eigenvalue weighted by Gasteiger charge is -2.06. The molecule has 14 heteroatoms.